The van der Waals surface area contributed by atoms with Crippen molar-refractivity contribution in [1.82, 2.24) is 19.3 Å². The highest BCUT2D eigenvalue weighted by Crippen LogP contribution is 2.13. The Hall–Kier alpha value is -2.56. The van der Waals surface area contributed by atoms with E-state index in [4.69, 9.17) is 0 Å². The van der Waals surface area contributed by atoms with Crippen LogP contribution in [0, 0.1) is 0 Å². The third kappa shape index (κ3) is 2.56. The highest BCUT2D eigenvalue weighted by atomic mass is 15.3. The molecule has 0 radical (unpaired) electrons. The Morgan fingerprint density at radius 2 is 1.95 bits per heavy atom. The summed E-state index contributed by atoms with van der Waals surface area (Å²) in [5.74, 6) is 1.05. The first-order valence-electron chi connectivity index (χ1n) is 6.71. The number of rotatable bonds is 5. The van der Waals surface area contributed by atoms with Crippen LogP contribution in [0.15, 0.2) is 55.1 Å². The van der Waals surface area contributed by atoms with Gasteiger partial charge in [0.15, 0.2) is 0 Å². The fourth-order valence-electron chi connectivity index (χ4n) is 2.13. The van der Waals surface area contributed by atoms with Crippen molar-refractivity contribution in [1.29, 1.82) is 0 Å². The maximum atomic E-state index is 4.35. The minimum atomic E-state index is 0.724. The van der Waals surface area contributed by atoms with Gasteiger partial charge in [-0.3, -0.25) is 0 Å². The molecule has 2 aromatic heterocycles. The van der Waals surface area contributed by atoms with E-state index in [1.165, 1.54) is 0 Å². The van der Waals surface area contributed by atoms with Crippen LogP contribution in [0.3, 0.4) is 0 Å². The summed E-state index contributed by atoms with van der Waals surface area (Å²) in [5, 5.41) is 7.59. The molecule has 0 saturated carbocycles. The molecule has 0 aliphatic carbocycles. The van der Waals surface area contributed by atoms with Gasteiger partial charge in [0.1, 0.15) is 5.82 Å². The van der Waals surface area contributed by atoms with Gasteiger partial charge in [-0.2, -0.15) is 5.10 Å². The van der Waals surface area contributed by atoms with Gasteiger partial charge in [-0.25, -0.2) is 9.67 Å². The van der Waals surface area contributed by atoms with Crippen LogP contribution in [0.4, 0.5) is 5.69 Å². The number of imidazole rings is 1. The monoisotopic (exact) mass is 267 g/mol. The molecule has 5 heteroatoms. The fraction of sp³-hybridized carbons (Fsp3) is 0.200. The molecule has 0 bridgehead atoms. The lowest BCUT2D eigenvalue weighted by Crippen LogP contribution is -2.07. The zero-order valence-corrected chi connectivity index (χ0v) is 11.4. The Bertz CT molecular complexity index is 652. The number of nitrogens with zero attached hydrogens (tertiary/aromatic N) is 4. The Kier molecular flexibility index (Phi) is 3.50. The first kappa shape index (κ1) is 12.5. The molecule has 2 heterocycles. The highest BCUT2D eigenvalue weighted by molar-refractivity contribution is 5.48. The first-order valence-corrected chi connectivity index (χ1v) is 6.71. The number of hydrogen-bond donors (Lipinski definition) is 1. The summed E-state index contributed by atoms with van der Waals surface area (Å²) in [5.41, 5.74) is 2.13. The van der Waals surface area contributed by atoms with E-state index in [0.717, 1.165) is 30.3 Å². The van der Waals surface area contributed by atoms with Crippen LogP contribution < -0.4 is 5.32 Å². The summed E-state index contributed by atoms with van der Waals surface area (Å²) in [6.07, 6.45) is 7.54. The Labute approximate surface area is 117 Å². The van der Waals surface area contributed by atoms with E-state index >= 15 is 0 Å². The van der Waals surface area contributed by atoms with Gasteiger partial charge in [-0.1, -0.05) is 0 Å². The molecule has 0 saturated heterocycles. The average Bonchev–Trinajstić information content (AvgIpc) is 3.16. The number of nitrogens with one attached hydrogen (secondary N) is 1. The highest BCUT2D eigenvalue weighted by Gasteiger charge is 2.01. The molecule has 20 heavy (non-hydrogen) atoms. The molecule has 102 valence electrons. The smallest absolute Gasteiger partial charge is 0.128 e. The number of aromatic nitrogens is 4. The van der Waals surface area contributed by atoms with Crippen molar-refractivity contribution >= 4 is 5.69 Å². The molecule has 0 unspecified atom stereocenters. The zero-order valence-electron chi connectivity index (χ0n) is 11.4. The molecule has 1 N–H and O–H groups in total. The zero-order chi connectivity index (χ0) is 13.8. The third-order valence-corrected chi connectivity index (χ3v) is 3.23. The molecule has 0 spiro atoms. The fourth-order valence-corrected chi connectivity index (χ4v) is 2.13. The number of benzene rings is 1. The molecule has 3 rings (SSSR count). The standard InChI is InChI=1S/C15H17N5/c1-2-19-11-9-16-15(19)12-17-13-4-6-14(7-5-13)20-10-3-8-18-20/h3-11,17H,2,12H2,1H3. The summed E-state index contributed by atoms with van der Waals surface area (Å²) in [4.78, 5) is 4.35. The van der Waals surface area contributed by atoms with E-state index < -0.39 is 0 Å². The molecule has 1 aromatic carbocycles. The molecule has 5 nitrogen and oxygen atoms in total. The number of anilines is 1. The van der Waals surface area contributed by atoms with Crippen LogP contribution in [0.25, 0.3) is 5.69 Å². The summed E-state index contributed by atoms with van der Waals surface area (Å²) in [6.45, 7) is 3.78. The van der Waals surface area contributed by atoms with Crippen molar-refractivity contribution in [2.24, 2.45) is 0 Å². The van der Waals surface area contributed by atoms with Crippen molar-refractivity contribution in [3.8, 4) is 5.69 Å². The van der Waals surface area contributed by atoms with E-state index in [2.05, 4.69) is 39.0 Å². The quantitative estimate of drug-likeness (QED) is 0.773. The molecule has 0 aliphatic heterocycles. The second-order valence-electron chi connectivity index (χ2n) is 4.48. The van der Waals surface area contributed by atoms with Crippen LogP contribution in [-0.2, 0) is 13.1 Å². The van der Waals surface area contributed by atoms with Gasteiger partial charge in [-0.15, -0.1) is 0 Å². The van der Waals surface area contributed by atoms with Gasteiger partial charge < -0.3 is 9.88 Å². The van der Waals surface area contributed by atoms with Gasteiger partial charge in [0, 0.05) is 37.0 Å². The van der Waals surface area contributed by atoms with E-state index in [-0.39, 0.29) is 0 Å². The number of aryl methyl sites for hydroxylation is 1. The van der Waals surface area contributed by atoms with Crippen LogP contribution in [0.1, 0.15) is 12.7 Å². The summed E-state index contributed by atoms with van der Waals surface area (Å²) >= 11 is 0. The van der Waals surface area contributed by atoms with Gasteiger partial charge in [-0.05, 0) is 37.3 Å². The maximum absolute atomic E-state index is 4.35. The lowest BCUT2D eigenvalue weighted by atomic mass is 10.3. The minimum absolute atomic E-state index is 0.724. The Morgan fingerprint density at radius 3 is 2.65 bits per heavy atom. The van der Waals surface area contributed by atoms with E-state index in [1.807, 2.05) is 41.5 Å². The van der Waals surface area contributed by atoms with E-state index in [1.54, 1.807) is 6.20 Å². The molecule has 3 aromatic rings. The van der Waals surface area contributed by atoms with Crippen molar-refractivity contribution in [2.75, 3.05) is 5.32 Å². The SMILES string of the molecule is CCn1ccnc1CNc1ccc(-n2cccn2)cc1. The summed E-state index contributed by atoms with van der Waals surface area (Å²) in [6, 6.07) is 10.1. The topological polar surface area (TPSA) is 47.7 Å². The largest absolute Gasteiger partial charge is 0.378 e. The second kappa shape index (κ2) is 5.61. The van der Waals surface area contributed by atoms with Crippen LogP contribution in [0.5, 0.6) is 0 Å². The van der Waals surface area contributed by atoms with Gasteiger partial charge in [0.25, 0.3) is 0 Å². The molecular formula is C15H17N5. The molecule has 0 amide bonds. The first-order chi connectivity index (χ1) is 9.86. The maximum Gasteiger partial charge on any atom is 0.128 e. The molecular weight excluding hydrogens is 250 g/mol. The van der Waals surface area contributed by atoms with Gasteiger partial charge >= 0.3 is 0 Å². The van der Waals surface area contributed by atoms with Gasteiger partial charge in [0.2, 0.25) is 0 Å². The lowest BCUT2D eigenvalue weighted by molar-refractivity contribution is 0.708. The van der Waals surface area contributed by atoms with Crippen LogP contribution in [-0.4, -0.2) is 19.3 Å². The predicted molar refractivity (Wildman–Crippen MR) is 78.8 cm³/mol. The Balaban J connectivity index is 1.67. The van der Waals surface area contributed by atoms with Crippen molar-refractivity contribution in [3.05, 3.63) is 60.9 Å². The van der Waals surface area contributed by atoms with E-state index in [9.17, 15) is 0 Å². The molecule has 0 atom stereocenters. The number of hydrogen-bond acceptors (Lipinski definition) is 3. The Morgan fingerprint density at radius 1 is 1.10 bits per heavy atom. The van der Waals surface area contributed by atoms with E-state index in [0.29, 0.717) is 0 Å². The lowest BCUT2D eigenvalue weighted by Gasteiger charge is -2.09. The molecule has 0 fully saturated rings. The summed E-state index contributed by atoms with van der Waals surface area (Å²) < 4.78 is 3.97. The summed E-state index contributed by atoms with van der Waals surface area (Å²) in [7, 11) is 0. The minimum Gasteiger partial charge on any atom is -0.378 e. The van der Waals surface area contributed by atoms with Crippen molar-refractivity contribution in [3.63, 3.8) is 0 Å². The predicted octanol–water partition coefficient (Wildman–Crippen LogP) is 2.70. The third-order valence-electron chi connectivity index (χ3n) is 3.23. The van der Waals surface area contributed by atoms with Crippen molar-refractivity contribution in [2.45, 2.75) is 20.0 Å². The van der Waals surface area contributed by atoms with Crippen molar-refractivity contribution < 1.29 is 0 Å². The van der Waals surface area contributed by atoms with Crippen LogP contribution in [0.2, 0.25) is 0 Å². The average molecular weight is 267 g/mol. The van der Waals surface area contributed by atoms with Gasteiger partial charge in [0.05, 0.1) is 12.2 Å². The molecule has 0 aliphatic rings. The van der Waals surface area contributed by atoms with Crippen LogP contribution >= 0.6 is 0 Å². The normalized spacial score (nSPS) is 10.7. The second-order valence-corrected chi connectivity index (χ2v) is 4.48.